The molecule has 2 aliphatic rings. The van der Waals surface area contributed by atoms with E-state index < -0.39 is 0 Å². The number of hydrogen-bond donors (Lipinski definition) is 2. The van der Waals surface area contributed by atoms with Crippen molar-refractivity contribution in [1.82, 2.24) is 15.5 Å². The summed E-state index contributed by atoms with van der Waals surface area (Å²) in [5.41, 5.74) is 1.24. The standard InChI is InChI=1S/C21H31FN4O.HI/c1-15(2)19(27)26-12-9-18(13-26)25-20(23-3)24-14-21(10-4-11-21)16-5-7-17(22)8-6-16;/h5-8,15,18H,4,9-14H2,1-3H3,(H2,23,24,25);1H. The molecule has 7 heteroatoms. The Hall–Kier alpha value is -1.38. The molecule has 1 aliphatic heterocycles. The molecule has 1 aromatic carbocycles. The zero-order chi connectivity index (χ0) is 19.4. The summed E-state index contributed by atoms with van der Waals surface area (Å²) < 4.78 is 13.3. The van der Waals surface area contributed by atoms with Gasteiger partial charge in [0.15, 0.2) is 5.96 Å². The number of rotatable bonds is 5. The Morgan fingerprint density at radius 2 is 2.00 bits per heavy atom. The molecule has 2 N–H and O–H groups in total. The lowest BCUT2D eigenvalue weighted by atomic mass is 9.64. The van der Waals surface area contributed by atoms with Crippen LogP contribution in [-0.2, 0) is 10.2 Å². The number of hydrogen-bond acceptors (Lipinski definition) is 2. The zero-order valence-electron chi connectivity index (χ0n) is 17.0. The fourth-order valence-electron chi connectivity index (χ4n) is 4.06. The number of carbonyl (C=O) groups excluding carboxylic acids is 1. The fraction of sp³-hybridized carbons (Fsp3) is 0.619. The Morgan fingerprint density at radius 3 is 2.54 bits per heavy atom. The van der Waals surface area contributed by atoms with Gasteiger partial charge in [-0.2, -0.15) is 0 Å². The first-order valence-corrected chi connectivity index (χ1v) is 9.95. The maximum Gasteiger partial charge on any atom is 0.225 e. The van der Waals surface area contributed by atoms with Gasteiger partial charge >= 0.3 is 0 Å². The molecule has 1 saturated heterocycles. The largest absolute Gasteiger partial charge is 0.356 e. The van der Waals surface area contributed by atoms with Crippen molar-refractivity contribution < 1.29 is 9.18 Å². The van der Waals surface area contributed by atoms with Crippen molar-refractivity contribution in [3.63, 3.8) is 0 Å². The molecule has 1 amide bonds. The minimum absolute atomic E-state index is 0. The van der Waals surface area contributed by atoms with E-state index in [4.69, 9.17) is 0 Å². The molecule has 1 saturated carbocycles. The first kappa shape index (κ1) is 22.9. The van der Waals surface area contributed by atoms with Gasteiger partial charge in [-0.15, -0.1) is 24.0 Å². The van der Waals surface area contributed by atoms with E-state index in [1.165, 1.54) is 12.0 Å². The Bertz CT molecular complexity index is 688. The number of nitrogens with one attached hydrogen (secondary N) is 2. The third kappa shape index (κ3) is 5.15. The van der Waals surface area contributed by atoms with Crippen LogP contribution < -0.4 is 10.6 Å². The van der Waals surface area contributed by atoms with Crippen LogP contribution in [0, 0.1) is 11.7 Å². The van der Waals surface area contributed by atoms with Crippen molar-refractivity contribution in [3.05, 3.63) is 35.6 Å². The monoisotopic (exact) mass is 502 g/mol. The van der Waals surface area contributed by atoms with Crippen molar-refractivity contribution in [2.45, 2.75) is 51.0 Å². The maximum absolute atomic E-state index is 13.3. The lowest BCUT2D eigenvalue weighted by Crippen LogP contribution is -2.51. The van der Waals surface area contributed by atoms with E-state index in [1.54, 1.807) is 19.2 Å². The van der Waals surface area contributed by atoms with Gasteiger partial charge in [-0.3, -0.25) is 9.79 Å². The topological polar surface area (TPSA) is 56.7 Å². The molecular weight excluding hydrogens is 470 g/mol. The first-order chi connectivity index (χ1) is 12.9. The summed E-state index contributed by atoms with van der Waals surface area (Å²) in [5, 5.41) is 6.92. The van der Waals surface area contributed by atoms with E-state index in [0.717, 1.165) is 44.9 Å². The summed E-state index contributed by atoms with van der Waals surface area (Å²) in [4.78, 5) is 18.4. The first-order valence-electron chi connectivity index (χ1n) is 9.95. The number of halogens is 2. The Labute approximate surface area is 184 Å². The van der Waals surface area contributed by atoms with Gasteiger partial charge in [0.05, 0.1) is 0 Å². The molecule has 2 fully saturated rings. The van der Waals surface area contributed by atoms with Gasteiger partial charge in [-0.1, -0.05) is 32.4 Å². The number of aliphatic imine (C=N–C) groups is 1. The molecule has 0 spiro atoms. The molecule has 156 valence electrons. The molecule has 3 rings (SSSR count). The summed E-state index contributed by atoms with van der Waals surface area (Å²) in [6.45, 7) is 6.18. The van der Waals surface area contributed by atoms with Gasteiger partial charge in [0.2, 0.25) is 5.91 Å². The number of guanidine groups is 1. The second kappa shape index (κ2) is 9.89. The summed E-state index contributed by atoms with van der Waals surface area (Å²) in [7, 11) is 1.77. The highest BCUT2D eigenvalue weighted by atomic mass is 127. The van der Waals surface area contributed by atoms with E-state index in [0.29, 0.717) is 0 Å². The average molecular weight is 502 g/mol. The highest BCUT2D eigenvalue weighted by Crippen LogP contribution is 2.43. The third-order valence-corrected chi connectivity index (χ3v) is 5.92. The van der Waals surface area contributed by atoms with Gasteiger partial charge < -0.3 is 15.5 Å². The van der Waals surface area contributed by atoms with Crippen molar-refractivity contribution in [1.29, 1.82) is 0 Å². The van der Waals surface area contributed by atoms with Crippen molar-refractivity contribution >= 4 is 35.8 Å². The minimum atomic E-state index is -0.194. The summed E-state index contributed by atoms with van der Waals surface area (Å²) in [6.07, 6.45) is 4.33. The van der Waals surface area contributed by atoms with Crippen molar-refractivity contribution in [2.75, 3.05) is 26.7 Å². The van der Waals surface area contributed by atoms with Crippen LogP contribution in [0.1, 0.15) is 45.1 Å². The van der Waals surface area contributed by atoms with Gasteiger partial charge in [0.1, 0.15) is 5.82 Å². The van der Waals surface area contributed by atoms with Crippen LogP contribution in [-0.4, -0.2) is 49.5 Å². The van der Waals surface area contributed by atoms with Crippen molar-refractivity contribution in [3.8, 4) is 0 Å². The molecule has 1 aliphatic carbocycles. The highest BCUT2D eigenvalue weighted by molar-refractivity contribution is 14.0. The lowest BCUT2D eigenvalue weighted by molar-refractivity contribution is -0.133. The van der Waals surface area contributed by atoms with E-state index in [1.807, 2.05) is 30.9 Å². The average Bonchev–Trinajstić information content (AvgIpc) is 3.08. The Balaban J connectivity index is 0.00000280. The second-order valence-electron chi connectivity index (χ2n) is 8.14. The summed E-state index contributed by atoms with van der Waals surface area (Å²) in [5.74, 6) is 0.829. The Kier molecular flexibility index (Phi) is 8.09. The van der Waals surface area contributed by atoms with Gasteiger partial charge in [-0.25, -0.2) is 4.39 Å². The fourth-order valence-corrected chi connectivity index (χ4v) is 4.06. The minimum Gasteiger partial charge on any atom is -0.356 e. The highest BCUT2D eigenvalue weighted by Gasteiger charge is 2.39. The molecule has 0 radical (unpaired) electrons. The predicted molar refractivity (Wildman–Crippen MR) is 122 cm³/mol. The lowest BCUT2D eigenvalue weighted by Gasteiger charge is -2.43. The predicted octanol–water partition coefficient (Wildman–Crippen LogP) is 3.29. The smallest absolute Gasteiger partial charge is 0.225 e. The third-order valence-electron chi connectivity index (χ3n) is 5.92. The summed E-state index contributed by atoms with van der Waals surface area (Å²) >= 11 is 0. The number of carbonyl (C=O) groups is 1. The molecule has 0 bridgehead atoms. The molecule has 1 unspecified atom stereocenters. The molecule has 28 heavy (non-hydrogen) atoms. The van der Waals surface area contributed by atoms with Gasteiger partial charge in [0.25, 0.3) is 0 Å². The quantitative estimate of drug-likeness (QED) is 0.369. The van der Waals surface area contributed by atoms with Gasteiger partial charge in [-0.05, 0) is 37.0 Å². The number of likely N-dealkylation sites (tertiary alicyclic amines) is 1. The summed E-state index contributed by atoms with van der Waals surface area (Å²) in [6, 6.07) is 7.11. The molecular formula is C21H32FIN4O. The molecule has 5 nitrogen and oxygen atoms in total. The van der Waals surface area contributed by atoms with Crippen LogP contribution in [0.3, 0.4) is 0 Å². The van der Waals surface area contributed by atoms with Crippen LogP contribution >= 0.6 is 24.0 Å². The van der Waals surface area contributed by atoms with Crippen LogP contribution in [0.15, 0.2) is 29.3 Å². The SMILES string of the molecule is CN=C(NCC1(c2ccc(F)cc2)CCC1)NC1CCN(C(=O)C(C)C)C1.I. The van der Waals surface area contributed by atoms with Crippen LogP contribution in [0.25, 0.3) is 0 Å². The van der Waals surface area contributed by atoms with E-state index in [2.05, 4.69) is 15.6 Å². The van der Waals surface area contributed by atoms with Gasteiger partial charge in [0, 0.05) is 44.1 Å². The molecule has 1 heterocycles. The normalized spacial score (nSPS) is 21.1. The Morgan fingerprint density at radius 1 is 1.32 bits per heavy atom. The zero-order valence-corrected chi connectivity index (χ0v) is 19.3. The second-order valence-corrected chi connectivity index (χ2v) is 8.14. The van der Waals surface area contributed by atoms with Crippen molar-refractivity contribution in [2.24, 2.45) is 10.9 Å². The van der Waals surface area contributed by atoms with Crippen LogP contribution in [0.5, 0.6) is 0 Å². The molecule has 0 aromatic heterocycles. The van der Waals surface area contributed by atoms with Crippen LogP contribution in [0.2, 0.25) is 0 Å². The number of nitrogens with zero attached hydrogens (tertiary/aromatic N) is 2. The van der Waals surface area contributed by atoms with E-state index in [-0.39, 0.29) is 53.1 Å². The number of amides is 1. The maximum atomic E-state index is 13.3. The number of benzene rings is 1. The van der Waals surface area contributed by atoms with E-state index in [9.17, 15) is 9.18 Å². The van der Waals surface area contributed by atoms with Crippen LogP contribution in [0.4, 0.5) is 4.39 Å². The molecule has 1 aromatic rings. The molecule has 1 atom stereocenters. The van der Waals surface area contributed by atoms with E-state index >= 15 is 0 Å².